The summed E-state index contributed by atoms with van der Waals surface area (Å²) in [5, 5.41) is -0.350. The Morgan fingerprint density at radius 3 is 2.89 bits per heavy atom. The molecule has 1 aliphatic rings. The van der Waals surface area contributed by atoms with Gasteiger partial charge in [0.2, 0.25) is 5.88 Å². The van der Waals surface area contributed by atoms with E-state index in [2.05, 4.69) is 19.7 Å². The Bertz CT molecular complexity index is 1020. The molecular weight excluding hydrogens is 386 g/mol. The molecule has 0 fully saturated rings. The fourth-order valence-electron chi connectivity index (χ4n) is 3.09. The van der Waals surface area contributed by atoms with Crippen molar-refractivity contribution < 1.29 is 22.4 Å². The fraction of sp³-hybridized carbons (Fsp3) is 0.368. The molecule has 0 radical (unpaired) electrons. The van der Waals surface area contributed by atoms with Gasteiger partial charge in [0.25, 0.3) is 0 Å². The molecule has 2 heterocycles. The van der Waals surface area contributed by atoms with Gasteiger partial charge in [0.05, 0.1) is 23.5 Å². The summed E-state index contributed by atoms with van der Waals surface area (Å²) >= 11 is 1.08. The average Bonchev–Trinajstić information content (AvgIpc) is 2.66. The number of Topliss-reactive ketones (excluding diaryl/α,β-unsaturated/α-hetero) is 1. The predicted molar refractivity (Wildman–Crippen MR) is 104 cm³/mol. The van der Waals surface area contributed by atoms with Crippen LogP contribution in [0.5, 0.6) is 5.88 Å². The van der Waals surface area contributed by atoms with E-state index in [4.69, 9.17) is 9.85 Å². The first-order chi connectivity index (χ1) is 14.4. The van der Waals surface area contributed by atoms with Gasteiger partial charge in [-0.05, 0) is 31.5 Å². The number of aromatic nitrogens is 2. The summed E-state index contributed by atoms with van der Waals surface area (Å²) in [6, 6.07) is 3.98. The van der Waals surface area contributed by atoms with Gasteiger partial charge in [0.15, 0.2) is 11.0 Å². The van der Waals surface area contributed by atoms with Crippen LogP contribution in [0, 0.1) is 5.82 Å². The number of ether oxygens (including phenoxy) is 1. The first kappa shape index (κ1) is 16.4. The number of hydrogen-bond donors (Lipinski definition) is 1. The van der Waals surface area contributed by atoms with Crippen molar-refractivity contribution >= 4 is 22.7 Å². The molecule has 3 rings (SSSR count). The molecule has 0 saturated carbocycles. The Morgan fingerprint density at radius 2 is 2.21 bits per heavy atom. The lowest BCUT2D eigenvalue weighted by Crippen LogP contribution is -2.44. The normalized spacial score (nSPS) is 26.6. The van der Waals surface area contributed by atoms with E-state index in [1.54, 1.807) is 6.92 Å². The van der Waals surface area contributed by atoms with Crippen molar-refractivity contribution in [2.75, 3.05) is 7.04 Å². The number of ketones is 1. The number of halogens is 2. The smallest absolute Gasteiger partial charge is 0.232 e. The summed E-state index contributed by atoms with van der Waals surface area (Å²) in [6.07, 6.45) is 0.487. The SMILES string of the molecule is [2H]C([2H])([2H])Oc1cnc(C(=O)Cc2ccc(F)c([C@@]3(C)N=C(N)S[C@H](C)[C@@H]3F)c2)cn1. The van der Waals surface area contributed by atoms with Crippen LogP contribution in [-0.2, 0) is 12.0 Å². The molecule has 0 saturated heterocycles. The largest absolute Gasteiger partial charge is 0.480 e. The van der Waals surface area contributed by atoms with Crippen LogP contribution in [0.1, 0.15) is 39.6 Å². The van der Waals surface area contributed by atoms with Crippen molar-refractivity contribution in [1.29, 1.82) is 0 Å². The Kier molecular flexibility index (Phi) is 4.59. The third kappa shape index (κ3) is 3.84. The Labute approximate surface area is 169 Å². The minimum atomic E-state index is -2.68. The quantitative estimate of drug-likeness (QED) is 0.764. The molecule has 1 aliphatic heterocycles. The van der Waals surface area contributed by atoms with Gasteiger partial charge in [0, 0.05) is 17.2 Å². The summed E-state index contributed by atoms with van der Waals surface area (Å²) in [5.74, 6) is -1.34. The van der Waals surface area contributed by atoms with Crippen LogP contribution in [0.4, 0.5) is 8.78 Å². The van der Waals surface area contributed by atoms with E-state index in [0.717, 1.165) is 30.2 Å². The van der Waals surface area contributed by atoms with E-state index < -0.39 is 35.6 Å². The highest BCUT2D eigenvalue weighted by atomic mass is 32.2. The number of methoxy groups -OCH3 is 1. The van der Waals surface area contributed by atoms with Gasteiger partial charge >= 0.3 is 0 Å². The maximum Gasteiger partial charge on any atom is 0.232 e. The number of hydrogen-bond acceptors (Lipinski definition) is 7. The highest BCUT2D eigenvalue weighted by Gasteiger charge is 2.45. The maximum atomic E-state index is 15.0. The third-order valence-electron chi connectivity index (χ3n) is 4.56. The number of rotatable bonds is 5. The van der Waals surface area contributed by atoms with Crippen molar-refractivity contribution in [1.82, 2.24) is 9.97 Å². The van der Waals surface area contributed by atoms with Crippen LogP contribution in [0.3, 0.4) is 0 Å². The van der Waals surface area contributed by atoms with Gasteiger partial charge in [0.1, 0.15) is 23.2 Å². The standard InChI is InChI=1S/C19H20F2N4O2S/c1-10-17(21)19(2,25-18(22)28-10)12-6-11(4-5-13(12)20)7-15(26)14-8-24-16(27-3)9-23-14/h4-6,8-10,17H,7H2,1-3H3,(H2,22,25)/t10-,17+,19-/m1/s1/i3D3. The number of aliphatic imine (C=N–C) groups is 1. The zero-order chi connectivity index (χ0) is 23.0. The number of carbonyl (C=O) groups excluding carboxylic acids is 1. The third-order valence-corrected chi connectivity index (χ3v) is 5.50. The topological polar surface area (TPSA) is 90.5 Å². The summed E-state index contributed by atoms with van der Waals surface area (Å²) < 4.78 is 55.3. The van der Waals surface area contributed by atoms with E-state index in [0.29, 0.717) is 5.56 Å². The van der Waals surface area contributed by atoms with Crippen LogP contribution < -0.4 is 10.5 Å². The summed E-state index contributed by atoms with van der Waals surface area (Å²) in [7, 11) is -2.68. The molecule has 2 N–H and O–H groups in total. The van der Waals surface area contributed by atoms with Crippen LogP contribution in [0.2, 0.25) is 0 Å². The molecule has 0 spiro atoms. The highest BCUT2D eigenvalue weighted by molar-refractivity contribution is 8.14. The summed E-state index contributed by atoms with van der Waals surface area (Å²) in [5.41, 5.74) is 4.70. The van der Waals surface area contributed by atoms with Crippen LogP contribution in [0.25, 0.3) is 0 Å². The lowest BCUT2D eigenvalue weighted by molar-refractivity contribution is 0.0987. The summed E-state index contributed by atoms with van der Waals surface area (Å²) in [4.78, 5) is 24.4. The monoisotopic (exact) mass is 409 g/mol. The lowest BCUT2D eigenvalue weighted by Gasteiger charge is -2.37. The number of amidine groups is 1. The van der Waals surface area contributed by atoms with E-state index in [-0.39, 0.29) is 28.7 Å². The molecule has 3 atom stereocenters. The Morgan fingerprint density at radius 1 is 1.43 bits per heavy atom. The summed E-state index contributed by atoms with van der Waals surface area (Å²) in [6.45, 7) is 3.12. The molecule has 6 nitrogen and oxygen atoms in total. The Hall–Kier alpha value is -2.55. The molecule has 2 aromatic rings. The van der Waals surface area contributed by atoms with Gasteiger partial charge in [-0.3, -0.25) is 4.79 Å². The molecule has 0 bridgehead atoms. The Balaban J connectivity index is 1.84. The first-order valence-corrected chi connectivity index (χ1v) is 9.26. The first-order valence-electron chi connectivity index (χ1n) is 9.88. The number of nitrogens with zero attached hydrogens (tertiary/aromatic N) is 3. The number of nitrogens with two attached hydrogens (primary N) is 1. The second-order valence-corrected chi connectivity index (χ2v) is 7.98. The zero-order valence-electron chi connectivity index (χ0n) is 18.1. The average molecular weight is 409 g/mol. The molecule has 1 aromatic heterocycles. The van der Waals surface area contributed by atoms with Gasteiger partial charge in [-0.25, -0.2) is 23.7 Å². The van der Waals surface area contributed by atoms with E-state index >= 15 is 0 Å². The molecule has 28 heavy (non-hydrogen) atoms. The minimum absolute atomic E-state index is 0.00732. The number of benzene rings is 1. The van der Waals surface area contributed by atoms with Crippen molar-refractivity contribution in [2.45, 2.75) is 37.2 Å². The van der Waals surface area contributed by atoms with Crippen LogP contribution >= 0.6 is 11.8 Å². The molecule has 1 aromatic carbocycles. The predicted octanol–water partition coefficient (Wildman–Crippen LogP) is 3.05. The van der Waals surface area contributed by atoms with Gasteiger partial charge < -0.3 is 10.5 Å². The van der Waals surface area contributed by atoms with Crippen molar-refractivity contribution in [3.63, 3.8) is 0 Å². The number of alkyl halides is 1. The molecule has 0 unspecified atom stereocenters. The van der Waals surface area contributed by atoms with E-state index in [1.165, 1.54) is 19.1 Å². The van der Waals surface area contributed by atoms with Gasteiger partial charge in [-0.15, -0.1) is 0 Å². The molecule has 0 amide bonds. The van der Waals surface area contributed by atoms with Gasteiger partial charge in [-0.2, -0.15) is 0 Å². The van der Waals surface area contributed by atoms with Gasteiger partial charge in [-0.1, -0.05) is 17.8 Å². The van der Waals surface area contributed by atoms with Crippen molar-refractivity contribution in [3.05, 3.63) is 53.2 Å². The van der Waals surface area contributed by atoms with Crippen molar-refractivity contribution in [3.8, 4) is 5.88 Å². The van der Waals surface area contributed by atoms with Crippen molar-refractivity contribution in [2.24, 2.45) is 10.7 Å². The van der Waals surface area contributed by atoms with E-state index in [1.807, 2.05) is 0 Å². The molecule has 9 heteroatoms. The molecular formula is C19H20F2N4O2S. The second-order valence-electron chi connectivity index (χ2n) is 6.58. The highest BCUT2D eigenvalue weighted by Crippen LogP contribution is 2.42. The minimum Gasteiger partial charge on any atom is -0.480 e. The molecule has 148 valence electrons. The maximum absolute atomic E-state index is 15.0. The second kappa shape index (κ2) is 7.83. The van der Waals surface area contributed by atoms with Crippen LogP contribution in [-0.4, -0.2) is 39.4 Å². The zero-order valence-corrected chi connectivity index (χ0v) is 16.0. The number of carbonyl (C=O) groups is 1. The van der Waals surface area contributed by atoms with E-state index in [9.17, 15) is 13.6 Å². The fourth-order valence-corrected chi connectivity index (χ4v) is 4.10. The van der Waals surface area contributed by atoms with Crippen LogP contribution in [0.15, 0.2) is 35.6 Å². The lowest BCUT2D eigenvalue weighted by atomic mass is 9.84. The number of thioether (sulfide) groups is 1. The molecule has 0 aliphatic carbocycles.